The first-order valence-electron chi connectivity index (χ1n) is 9.71. The molecule has 0 aliphatic rings. The Labute approximate surface area is 181 Å². The van der Waals surface area contributed by atoms with Gasteiger partial charge < -0.3 is 14.1 Å². The first kappa shape index (κ1) is 19.2. The normalized spacial score (nSPS) is 11.2. The topological polar surface area (TPSA) is 72.4 Å². The monoisotopic (exact) mass is 427 g/mol. The van der Waals surface area contributed by atoms with E-state index in [-0.39, 0.29) is 16.9 Å². The lowest BCUT2D eigenvalue weighted by atomic mass is 10.1. The Hall–Kier alpha value is -3.77. The van der Waals surface area contributed by atoms with Crippen molar-refractivity contribution in [2.75, 3.05) is 0 Å². The SMILES string of the molecule is O=c1cc(Sc2ccccc2O)c2c(=O)n(Cc3ccccc3)c3ccccc3c2o1. The average Bonchev–Trinajstić information content (AvgIpc) is 2.78. The van der Waals surface area contributed by atoms with E-state index in [9.17, 15) is 14.7 Å². The summed E-state index contributed by atoms with van der Waals surface area (Å²) in [5.74, 6) is 0.0827. The number of phenolic OH excluding ortho intramolecular Hbond substituents is 1. The van der Waals surface area contributed by atoms with Gasteiger partial charge in [0, 0.05) is 16.3 Å². The number of aromatic hydroxyl groups is 1. The van der Waals surface area contributed by atoms with E-state index in [0.29, 0.717) is 32.6 Å². The van der Waals surface area contributed by atoms with Gasteiger partial charge in [-0.25, -0.2) is 4.79 Å². The Balaban J connectivity index is 1.83. The van der Waals surface area contributed by atoms with Crippen LogP contribution in [0.2, 0.25) is 0 Å². The van der Waals surface area contributed by atoms with Crippen molar-refractivity contribution in [3.05, 3.63) is 111 Å². The van der Waals surface area contributed by atoms with Crippen LogP contribution in [0.1, 0.15) is 5.56 Å². The Morgan fingerprint density at radius 3 is 2.35 bits per heavy atom. The summed E-state index contributed by atoms with van der Waals surface area (Å²) in [6.07, 6.45) is 0. The molecular formula is C25H17NO4S. The van der Waals surface area contributed by atoms with Crippen LogP contribution in [0.25, 0.3) is 21.9 Å². The smallest absolute Gasteiger partial charge is 0.337 e. The molecule has 0 aliphatic carbocycles. The van der Waals surface area contributed by atoms with Gasteiger partial charge in [-0.2, -0.15) is 0 Å². The maximum atomic E-state index is 13.7. The fourth-order valence-corrected chi connectivity index (χ4v) is 4.67. The van der Waals surface area contributed by atoms with Gasteiger partial charge in [0.05, 0.1) is 22.3 Å². The molecule has 3 aromatic carbocycles. The first-order chi connectivity index (χ1) is 15.1. The molecule has 0 saturated heterocycles. The molecule has 0 atom stereocenters. The molecule has 2 aromatic heterocycles. The summed E-state index contributed by atoms with van der Waals surface area (Å²) in [6, 6.07) is 25.3. The molecular weight excluding hydrogens is 410 g/mol. The number of hydrogen-bond donors (Lipinski definition) is 1. The molecule has 0 fully saturated rings. The summed E-state index contributed by atoms with van der Waals surface area (Å²) in [5, 5.41) is 11.2. The number of phenols is 1. The van der Waals surface area contributed by atoms with Gasteiger partial charge >= 0.3 is 5.63 Å². The minimum atomic E-state index is -0.546. The predicted octanol–water partition coefficient (Wildman–Crippen LogP) is 5.01. The quantitative estimate of drug-likeness (QED) is 0.408. The summed E-state index contributed by atoms with van der Waals surface area (Å²) in [4.78, 5) is 27.0. The molecule has 0 radical (unpaired) electrons. The zero-order valence-electron chi connectivity index (χ0n) is 16.3. The zero-order valence-corrected chi connectivity index (χ0v) is 17.1. The van der Waals surface area contributed by atoms with E-state index < -0.39 is 5.63 Å². The highest BCUT2D eigenvalue weighted by Gasteiger charge is 2.18. The third kappa shape index (κ3) is 3.51. The number of fused-ring (bicyclic) bond motifs is 3. The third-order valence-electron chi connectivity index (χ3n) is 5.09. The van der Waals surface area contributed by atoms with Crippen LogP contribution in [-0.2, 0) is 6.54 Å². The third-order valence-corrected chi connectivity index (χ3v) is 6.20. The number of aromatic nitrogens is 1. The van der Waals surface area contributed by atoms with Gasteiger partial charge in [-0.05, 0) is 29.8 Å². The lowest BCUT2D eigenvalue weighted by molar-refractivity contribution is 0.462. The summed E-state index contributed by atoms with van der Waals surface area (Å²) >= 11 is 1.17. The van der Waals surface area contributed by atoms with Crippen LogP contribution in [0, 0.1) is 0 Å². The van der Waals surface area contributed by atoms with E-state index in [1.165, 1.54) is 17.8 Å². The predicted molar refractivity (Wildman–Crippen MR) is 122 cm³/mol. The Morgan fingerprint density at radius 1 is 0.839 bits per heavy atom. The van der Waals surface area contributed by atoms with Crippen molar-refractivity contribution in [2.24, 2.45) is 0 Å². The maximum Gasteiger partial charge on any atom is 0.337 e. The molecule has 1 N–H and O–H groups in total. The molecule has 5 rings (SSSR count). The molecule has 31 heavy (non-hydrogen) atoms. The largest absolute Gasteiger partial charge is 0.507 e. The van der Waals surface area contributed by atoms with Crippen LogP contribution in [0.3, 0.4) is 0 Å². The van der Waals surface area contributed by atoms with Crippen molar-refractivity contribution in [2.45, 2.75) is 16.3 Å². The second-order valence-corrected chi connectivity index (χ2v) is 8.18. The molecule has 152 valence electrons. The fraction of sp³-hybridized carbons (Fsp3) is 0.0400. The number of pyridine rings is 1. The molecule has 6 heteroatoms. The Morgan fingerprint density at radius 2 is 1.55 bits per heavy atom. The van der Waals surface area contributed by atoms with Crippen LogP contribution < -0.4 is 11.2 Å². The van der Waals surface area contributed by atoms with Gasteiger partial charge in [-0.3, -0.25) is 4.79 Å². The molecule has 2 heterocycles. The number of benzene rings is 3. The average molecular weight is 427 g/mol. The van der Waals surface area contributed by atoms with Gasteiger partial charge in [0.25, 0.3) is 5.56 Å². The molecule has 0 amide bonds. The number of rotatable bonds is 4. The van der Waals surface area contributed by atoms with Crippen LogP contribution >= 0.6 is 11.8 Å². The van der Waals surface area contributed by atoms with E-state index in [1.807, 2.05) is 54.6 Å². The molecule has 5 nitrogen and oxygen atoms in total. The number of nitrogens with zero attached hydrogens (tertiary/aromatic N) is 1. The highest BCUT2D eigenvalue weighted by Crippen LogP contribution is 2.37. The van der Waals surface area contributed by atoms with E-state index in [2.05, 4.69) is 0 Å². The van der Waals surface area contributed by atoms with Crippen molar-refractivity contribution in [3.8, 4) is 5.75 Å². The lowest BCUT2D eigenvalue weighted by Crippen LogP contribution is -2.22. The van der Waals surface area contributed by atoms with E-state index in [0.717, 1.165) is 5.56 Å². The zero-order chi connectivity index (χ0) is 21.4. The Kier molecular flexibility index (Phi) is 4.84. The van der Waals surface area contributed by atoms with E-state index in [1.54, 1.807) is 28.8 Å². The highest BCUT2D eigenvalue weighted by molar-refractivity contribution is 7.99. The molecule has 0 bridgehead atoms. The van der Waals surface area contributed by atoms with Crippen molar-refractivity contribution in [1.82, 2.24) is 4.57 Å². The van der Waals surface area contributed by atoms with Crippen LogP contribution in [0.15, 0.2) is 109 Å². The number of hydrogen-bond acceptors (Lipinski definition) is 5. The molecule has 0 aliphatic heterocycles. The summed E-state index contributed by atoms with van der Waals surface area (Å²) < 4.78 is 7.22. The minimum absolute atomic E-state index is 0.0827. The second kappa shape index (κ2) is 7.81. The molecule has 5 aromatic rings. The molecule has 0 saturated carbocycles. The lowest BCUT2D eigenvalue weighted by Gasteiger charge is -2.14. The second-order valence-electron chi connectivity index (χ2n) is 7.10. The van der Waals surface area contributed by atoms with Gasteiger partial charge in [0.15, 0.2) is 5.58 Å². The summed E-state index contributed by atoms with van der Waals surface area (Å²) in [7, 11) is 0. The van der Waals surface area contributed by atoms with Gasteiger partial charge in [0.2, 0.25) is 0 Å². The van der Waals surface area contributed by atoms with Crippen molar-refractivity contribution in [1.29, 1.82) is 0 Å². The fourth-order valence-electron chi connectivity index (χ4n) is 3.68. The van der Waals surface area contributed by atoms with Crippen molar-refractivity contribution < 1.29 is 9.52 Å². The van der Waals surface area contributed by atoms with Gasteiger partial charge in [-0.1, -0.05) is 66.4 Å². The van der Waals surface area contributed by atoms with Crippen LogP contribution in [-0.4, -0.2) is 9.67 Å². The highest BCUT2D eigenvalue weighted by atomic mass is 32.2. The van der Waals surface area contributed by atoms with E-state index in [4.69, 9.17) is 4.42 Å². The minimum Gasteiger partial charge on any atom is -0.507 e. The van der Waals surface area contributed by atoms with Gasteiger partial charge in [0.1, 0.15) is 5.75 Å². The number of para-hydroxylation sites is 2. The molecule has 0 unspecified atom stereocenters. The first-order valence-corrected chi connectivity index (χ1v) is 10.5. The Bertz CT molecular complexity index is 1540. The van der Waals surface area contributed by atoms with Crippen molar-refractivity contribution >= 4 is 33.6 Å². The summed E-state index contributed by atoms with van der Waals surface area (Å²) in [6.45, 7) is 0.385. The van der Waals surface area contributed by atoms with Crippen LogP contribution in [0.4, 0.5) is 0 Å². The van der Waals surface area contributed by atoms with E-state index >= 15 is 0 Å². The van der Waals surface area contributed by atoms with Crippen molar-refractivity contribution in [3.63, 3.8) is 0 Å². The maximum absolute atomic E-state index is 13.7. The molecule has 0 spiro atoms. The summed E-state index contributed by atoms with van der Waals surface area (Å²) in [5.41, 5.74) is 1.14. The van der Waals surface area contributed by atoms with Gasteiger partial charge in [-0.15, -0.1) is 0 Å². The van der Waals surface area contributed by atoms with Crippen LogP contribution in [0.5, 0.6) is 5.75 Å². The standard InChI is InChI=1S/C25H17NO4S/c27-19-12-6-7-13-20(19)31-21-14-22(28)30-24-17-10-4-5-11-18(17)26(25(29)23(21)24)15-16-8-2-1-3-9-16/h1-14,27H,15H2.